The van der Waals surface area contributed by atoms with Gasteiger partial charge in [0.15, 0.2) is 5.13 Å². The summed E-state index contributed by atoms with van der Waals surface area (Å²) in [6.07, 6.45) is 2.85. The highest BCUT2D eigenvalue weighted by Gasteiger charge is 2.23. The number of thiazole rings is 1. The van der Waals surface area contributed by atoms with Crippen molar-refractivity contribution in [3.63, 3.8) is 0 Å². The van der Waals surface area contributed by atoms with E-state index < -0.39 is 0 Å². The van der Waals surface area contributed by atoms with Crippen molar-refractivity contribution in [2.24, 2.45) is 0 Å². The molecule has 2 heterocycles. The molecule has 3 nitrogen and oxygen atoms in total. The van der Waals surface area contributed by atoms with Crippen LogP contribution in [0.4, 0.5) is 16.5 Å². The van der Waals surface area contributed by atoms with Crippen LogP contribution in [0.15, 0.2) is 29.8 Å². The van der Waals surface area contributed by atoms with Crippen LogP contribution in [0.2, 0.25) is 0 Å². The Bertz CT molecular complexity index is 479. The molecule has 15 heavy (non-hydrogen) atoms. The van der Waals surface area contributed by atoms with Crippen molar-refractivity contribution in [2.45, 2.75) is 6.42 Å². The molecule has 0 unspecified atom stereocenters. The molecule has 0 atom stereocenters. The van der Waals surface area contributed by atoms with Gasteiger partial charge in [0.05, 0.1) is 0 Å². The fraction of sp³-hybridized carbons (Fsp3) is 0.182. The summed E-state index contributed by atoms with van der Waals surface area (Å²) in [6, 6.07) is 6.07. The van der Waals surface area contributed by atoms with Crippen molar-refractivity contribution < 1.29 is 0 Å². The van der Waals surface area contributed by atoms with E-state index in [1.807, 2.05) is 23.7 Å². The average Bonchev–Trinajstić information content (AvgIpc) is 2.85. The van der Waals surface area contributed by atoms with Crippen LogP contribution in [0.25, 0.3) is 0 Å². The van der Waals surface area contributed by atoms with Crippen molar-refractivity contribution in [1.82, 2.24) is 4.98 Å². The molecule has 0 radical (unpaired) electrons. The zero-order valence-corrected chi connectivity index (χ0v) is 9.00. The van der Waals surface area contributed by atoms with Crippen LogP contribution in [-0.4, -0.2) is 11.5 Å². The van der Waals surface area contributed by atoms with E-state index in [0.717, 1.165) is 23.8 Å². The first-order valence-corrected chi connectivity index (χ1v) is 5.78. The number of hydrogen-bond acceptors (Lipinski definition) is 4. The molecule has 1 aliphatic heterocycles. The highest BCUT2D eigenvalue weighted by molar-refractivity contribution is 7.13. The maximum absolute atomic E-state index is 5.94. The second-order valence-corrected chi connectivity index (χ2v) is 4.43. The van der Waals surface area contributed by atoms with Crippen LogP contribution < -0.4 is 10.6 Å². The number of benzene rings is 1. The summed E-state index contributed by atoms with van der Waals surface area (Å²) in [6.45, 7) is 0.983. The molecule has 2 N–H and O–H groups in total. The summed E-state index contributed by atoms with van der Waals surface area (Å²) in [5.41, 5.74) is 9.31. The van der Waals surface area contributed by atoms with Gasteiger partial charge in [0.2, 0.25) is 0 Å². The van der Waals surface area contributed by atoms with E-state index in [2.05, 4.69) is 16.0 Å². The molecule has 0 bridgehead atoms. The van der Waals surface area contributed by atoms with Crippen molar-refractivity contribution in [1.29, 1.82) is 0 Å². The number of hydrogen-bond donors (Lipinski definition) is 1. The number of rotatable bonds is 1. The van der Waals surface area contributed by atoms with E-state index in [4.69, 9.17) is 5.73 Å². The molecular formula is C11H11N3S. The predicted octanol–water partition coefficient (Wildman–Crippen LogP) is 2.42. The SMILES string of the molecule is Nc1cccc2c1CCN2c1nccs1. The molecule has 1 aliphatic rings. The molecule has 4 heteroatoms. The third kappa shape index (κ3) is 1.29. The fourth-order valence-corrected chi connectivity index (χ4v) is 2.69. The summed E-state index contributed by atoms with van der Waals surface area (Å²) in [4.78, 5) is 6.56. The number of nitrogens with zero attached hydrogens (tertiary/aromatic N) is 2. The van der Waals surface area contributed by atoms with E-state index in [1.165, 1.54) is 11.3 Å². The maximum atomic E-state index is 5.94. The van der Waals surface area contributed by atoms with Crippen LogP contribution >= 0.6 is 11.3 Å². The van der Waals surface area contributed by atoms with Gasteiger partial charge in [0, 0.05) is 35.1 Å². The fourth-order valence-electron chi connectivity index (χ4n) is 2.01. The lowest BCUT2D eigenvalue weighted by molar-refractivity contribution is 0.991. The normalized spacial score (nSPS) is 14.3. The molecular weight excluding hydrogens is 206 g/mol. The number of aromatic nitrogens is 1. The van der Waals surface area contributed by atoms with Gasteiger partial charge in [-0.05, 0) is 18.6 Å². The zero-order valence-electron chi connectivity index (χ0n) is 8.18. The minimum absolute atomic E-state index is 0.895. The molecule has 0 amide bonds. The summed E-state index contributed by atoms with van der Waals surface area (Å²) in [5, 5.41) is 3.05. The molecule has 0 spiro atoms. The van der Waals surface area contributed by atoms with Crippen LogP contribution in [0.3, 0.4) is 0 Å². The van der Waals surface area contributed by atoms with E-state index in [9.17, 15) is 0 Å². The third-order valence-electron chi connectivity index (χ3n) is 2.71. The number of anilines is 3. The second kappa shape index (κ2) is 3.24. The minimum atomic E-state index is 0.895. The van der Waals surface area contributed by atoms with Crippen LogP contribution in [0.1, 0.15) is 5.56 Å². The number of fused-ring (bicyclic) bond motifs is 1. The lowest BCUT2D eigenvalue weighted by Gasteiger charge is -2.15. The Morgan fingerprint density at radius 1 is 1.40 bits per heavy atom. The molecule has 0 saturated heterocycles. The highest BCUT2D eigenvalue weighted by Crippen LogP contribution is 2.37. The smallest absolute Gasteiger partial charge is 0.189 e. The van der Waals surface area contributed by atoms with Gasteiger partial charge in [0.25, 0.3) is 0 Å². The summed E-state index contributed by atoms with van der Waals surface area (Å²) in [7, 11) is 0. The first kappa shape index (κ1) is 8.73. The Morgan fingerprint density at radius 3 is 3.13 bits per heavy atom. The van der Waals surface area contributed by atoms with Gasteiger partial charge in [-0.1, -0.05) is 6.07 Å². The van der Waals surface area contributed by atoms with Gasteiger partial charge in [-0.2, -0.15) is 0 Å². The Balaban J connectivity index is 2.09. The molecule has 0 saturated carbocycles. The van der Waals surface area contributed by atoms with Crippen LogP contribution in [-0.2, 0) is 6.42 Å². The van der Waals surface area contributed by atoms with Crippen LogP contribution in [0, 0.1) is 0 Å². The molecule has 76 valence electrons. The Labute approximate surface area is 92.2 Å². The first-order valence-electron chi connectivity index (χ1n) is 4.90. The van der Waals surface area contributed by atoms with Gasteiger partial charge in [-0.3, -0.25) is 0 Å². The topological polar surface area (TPSA) is 42.1 Å². The highest BCUT2D eigenvalue weighted by atomic mass is 32.1. The van der Waals surface area contributed by atoms with Crippen LogP contribution in [0.5, 0.6) is 0 Å². The largest absolute Gasteiger partial charge is 0.398 e. The van der Waals surface area contributed by atoms with Gasteiger partial charge in [-0.25, -0.2) is 4.98 Å². The van der Waals surface area contributed by atoms with Gasteiger partial charge in [-0.15, -0.1) is 11.3 Å². The molecule has 0 fully saturated rings. The predicted molar refractivity (Wildman–Crippen MR) is 63.7 cm³/mol. The monoisotopic (exact) mass is 217 g/mol. The Hall–Kier alpha value is -1.55. The van der Waals surface area contributed by atoms with E-state index in [1.54, 1.807) is 11.3 Å². The molecule has 2 aromatic rings. The Morgan fingerprint density at radius 2 is 2.33 bits per heavy atom. The summed E-state index contributed by atoms with van der Waals surface area (Å²) < 4.78 is 0. The second-order valence-electron chi connectivity index (χ2n) is 3.56. The van der Waals surface area contributed by atoms with E-state index in [-0.39, 0.29) is 0 Å². The number of nitrogens with two attached hydrogens (primary N) is 1. The van der Waals surface area contributed by atoms with E-state index >= 15 is 0 Å². The summed E-state index contributed by atoms with van der Waals surface area (Å²) >= 11 is 1.66. The third-order valence-corrected chi connectivity index (χ3v) is 3.51. The van der Waals surface area contributed by atoms with Crippen molar-refractivity contribution in [3.05, 3.63) is 35.3 Å². The van der Waals surface area contributed by atoms with Gasteiger partial charge < -0.3 is 10.6 Å². The summed E-state index contributed by atoms with van der Waals surface area (Å²) in [5.74, 6) is 0. The Kier molecular flexibility index (Phi) is 1.89. The zero-order chi connectivity index (χ0) is 10.3. The molecule has 3 rings (SSSR count). The van der Waals surface area contributed by atoms with Crippen molar-refractivity contribution in [3.8, 4) is 0 Å². The molecule has 1 aromatic carbocycles. The minimum Gasteiger partial charge on any atom is -0.398 e. The standard InChI is InChI=1S/C11H11N3S/c12-9-2-1-3-10-8(9)4-6-14(10)11-13-5-7-15-11/h1-3,5,7H,4,6,12H2. The molecule has 0 aliphatic carbocycles. The van der Waals surface area contributed by atoms with E-state index in [0.29, 0.717) is 0 Å². The quantitative estimate of drug-likeness (QED) is 0.746. The lowest BCUT2D eigenvalue weighted by atomic mass is 10.1. The van der Waals surface area contributed by atoms with Gasteiger partial charge in [0.1, 0.15) is 0 Å². The van der Waals surface area contributed by atoms with Crippen molar-refractivity contribution in [2.75, 3.05) is 17.2 Å². The lowest BCUT2D eigenvalue weighted by Crippen LogP contribution is -2.12. The van der Waals surface area contributed by atoms with Gasteiger partial charge >= 0.3 is 0 Å². The average molecular weight is 217 g/mol. The molecule has 1 aromatic heterocycles. The number of nitrogen functional groups attached to an aromatic ring is 1. The maximum Gasteiger partial charge on any atom is 0.189 e. The first-order chi connectivity index (χ1) is 7.36. The van der Waals surface area contributed by atoms with Crippen molar-refractivity contribution >= 4 is 27.8 Å².